The summed E-state index contributed by atoms with van der Waals surface area (Å²) >= 11 is 0. The fourth-order valence-electron chi connectivity index (χ4n) is 5.24. The minimum absolute atomic E-state index is 0.00157. The largest absolute Gasteiger partial charge is 0.444 e. The third-order valence-corrected chi connectivity index (χ3v) is 6.56. The summed E-state index contributed by atoms with van der Waals surface area (Å²) in [5.41, 5.74) is 3.30. The number of hydrogen-bond donors (Lipinski definition) is 0. The standard InChI is InChI=1S/C24H33N5O3/c1-15-25-21(18-11-12-28(27-18)20-10-5-6-13-31-20)17-14-16-8-7-9-19(22(17)26-15)29(16)23(30)32-24(2,3)4/h11-12,16,19-20H,5-10,13-14H2,1-4H3/t16-,19+,20?/m1/s1. The van der Waals surface area contributed by atoms with Gasteiger partial charge in [-0.2, -0.15) is 5.10 Å². The lowest BCUT2D eigenvalue weighted by molar-refractivity contribution is -0.0393. The molecule has 0 radical (unpaired) electrons. The molecular formula is C24H33N5O3. The Kier molecular flexibility index (Phi) is 5.43. The van der Waals surface area contributed by atoms with E-state index in [2.05, 4.69) is 0 Å². The molecule has 8 nitrogen and oxygen atoms in total. The van der Waals surface area contributed by atoms with Crippen molar-refractivity contribution in [1.29, 1.82) is 0 Å². The number of carbonyl (C=O) groups excluding carboxylic acids is 1. The second kappa shape index (κ2) is 8.14. The molecule has 8 heteroatoms. The Morgan fingerprint density at radius 1 is 1.16 bits per heavy atom. The summed E-state index contributed by atoms with van der Waals surface area (Å²) in [4.78, 5) is 24.7. The molecule has 0 saturated carbocycles. The molecule has 2 fully saturated rings. The zero-order valence-electron chi connectivity index (χ0n) is 19.5. The molecular weight excluding hydrogens is 406 g/mol. The van der Waals surface area contributed by atoms with E-state index in [1.54, 1.807) is 0 Å². The first kappa shape index (κ1) is 21.4. The number of ether oxygens (including phenoxy) is 2. The molecule has 0 aliphatic carbocycles. The molecule has 2 aromatic rings. The van der Waals surface area contributed by atoms with Gasteiger partial charge < -0.3 is 9.47 Å². The number of aromatic nitrogens is 4. The average Bonchev–Trinajstić information content (AvgIpc) is 3.23. The van der Waals surface area contributed by atoms with Crippen LogP contribution in [0.15, 0.2) is 12.3 Å². The number of carbonyl (C=O) groups is 1. The Labute approximate surface area is 189 Å². The van der Waals surface area contributed by atoms with Crippen LogP contribution in [0.5, 0.6) is 0 Å². The molecule has 3 aliphatic heterocycles. The molecule has 1 unspecified atom stereocenters. The summed E-state index contributed by atoms with van der Waals surface area (Å²) < 4.78 is 13.6. The summed E-state index contributed by atoms with van der Waals surface area (Å²) in [5, 5.41) is 4.85. The molecule has 2 saturated heterocycles. The maximum absolute atomic E-state index is 13.1. The summed E-state index contributed by atoms with van der Waals surface area (Å²) in [6, 6.07) is 2.05. The number of amides is 1. The number of hydrogen-bond acceptors (Lipinski definition) is 6. The van der Waals surface area contributed by atoms with E-state index in [4.69, 9.17) is 24.5 Å². The van der Waals surface area contributed by atoms with Crippen LogP contribution < -0.4 is 0 Å². The van der Waals surface area contributed by atoms with Gasteiger partial charge in [-0.15, -0.1) is 0 Å². The molecule has 2 aromatic heterocycles. The normalized spacial score (nSPS) is 25.4. The van der Waals surface area contributed by atoms with Crippen LogP contribution in [0, 0.1) is 6.92 Å². The van der Waals surface area contributed by atoms with Crippen molar-refractivity contribution in [2.24, 2.45) is 0 Å². The summed E-state index contributed by atoms with van der Waals surface area (Å²) in [6.07, 6.45) is 8.67. The van der Waals surface area contributed by atoms with Crippen LogP contribution in [0.25, 0.3) is 11.4 Å². The Morgan fingerprint density at radius 3 is 2.75 bits per heavy atom. The highest BCUT2D eigenvalue weighted by molar-refractivity contribution is 5.71. The highest BCUT2D eigenvalue weighted by atomic mass is 16.6. The van der Waals surface area contributed by atoms with Crippen LogP contribution in [0.3, 0.4) is 0 Å². The van der Waals surface area contributed by atoms with Gasteiger partial charge in [0.05, 0.1) is 17.4 Å². The lowest BCUT2D eigenvalue weighted by Crippen LogP contribution is -2.51. The molecule has 5 rings (SSSR count). The molecule has 0 aromatic carbocycles. The van der Waals surface area contributed by atoms with E-state index in [0.29, 0.717) is 5.82 Å². The van der Waals surface area contributed by atoms with Crippen LogP contribution in [-0.4, -0.2) is 49.0 Å². The van der Waals surface area contributed by atoms with Gasteiger partial charge in [-0.1, -0.05) is 0 Å². The van der Waals surface area contributed by atoms with Gasteiger partial charge in [0, 0.05) is 24.4 Å². The van der Waals surface area contributed by atoms with E-state index in [9.17, 15) is 4.79 Å². The molecule has 3 atom stereocenters. The summed E-state index contributed by atoms with van der Waals surface area (Å²) in [7, 11) is 0. The van der Waals surface area contributed by atoms with E-state index < -0.39 is 5.60 Å². The van der Waals surface area contributed by atoms with Gasteiger partial charge in [0.15, 0.2) is 0 Å². The molecule has 172 valence electrons. The van der Waals surface area contributed by atoms with Gasteiger partial charge in [-0.25, -0.2) is 19.4 Å². The van der Waals surface area contributed by atoms with Crippen LogP contribution >= 0.6 is 0 Å². The Bertz CT molecular complexity index is 1010. The fourth-order valence-corrected chi connectivity index (χ4v) is 5.24. The van der Waals surface area contributed by atoms with Crippen molar-refractivity contribution in [3.63, 3.8) is 0 Å². The van der Waals surface area contributed by atoms with Crippen molar-refractivity contribution in [2.75, 3.05) is 6.61 Å². The van der Waals surface area contributed by atoms with E-state index in [-0.39, 0.29) is 24.4 Å². The van der Waals surface area contributed by atoms with Crippen molar-refractivity contribution < 1.29 is 14.3 Å². The van der Waals surface area contributed by atoms with Gasteiger partial charge in [-0.3, -0.25) is 4.90 Å². The fraction of sp³-hybridized carbons (Fsp3) is 0.667. The Hall–Kier alpha value is -2.48. The second-order valence-electron chi connectivity index (χ2n) is 10.2. The third-order valence-electron chi connectivity index (χ3n) is 6.56. The maximum Gasteiger partial charge on any atom is 0.411 e. The first-order valence-electron chi connectivity index (χ1n) is 11.9. The predicted molar refractivity (Wildman–Crippen MR) is 119 cm³/mol. The molecule has 3 aliphatic rings. The number of aryl methyl sites for hydroxylation is 1. The maximum atomic E-state index is 13.1. The first-order chi connectivity index (χ1) is 15.3. The number of nitrogens with zero attached hydrogens (tertiary/aromatic N) is 5. The van der Waals surface area contributed by atoms with Crippen LogP contribution in [-0.2, 0) is 15.9 Å². The van der Waals surface area contributed by atoms with Gasteiger partial charge in [0.25, 0.3) is 0 Å². The predicted octanol–water partition coefficient (Wildman–Crippen LogP) is 4.73. The highest BCUT2D eigenvalue weighted by Crippen LogP contribution is 2.44. The van der Waals surface area contributed by atoms with Gasteiger partial charge in [-0.05, 0) is 78.7 Å². The van der Waals surface area contributed by atoms with E-state index >= 15 is 0 Å². The van der Waals surface area contributed by atoms with Crippen molar-refractivity contribution in [1.82, 2.24) is 24.6 Å². The monoisotopic (exact) mass is 439 g/mol. The molecule has 0 spiro atoms. The van der Waals surface area contributed by atoms with Crippen LogP contribution in [0.2, 0.25) is 0 Å². The highest BCUT2D eigenvalue weighted by Gasteiger charge is 2.44. The van der Waals surface area contributed by atoms with Crippen LogP contribution in [0.1, 0.15) is 88.6 Å². The van der Waals surface area contributed by atoms with Crippen molar-refractivity contribution >= 4 is 6.09 Å². The van der Waals surface area contributed by atoms with Crippen molar-refractivity contribution in [3.8, 4) is 11.4 Å². The molecule has 2 bridgehead atoms. The van der Waals surface area contributed by atoms with Crippen LogP contribution in [0.4, 0.5) is 4.79 Å². The third kappa shape index (κ3) is 4.00. The summed E-state index contributed by atoms with van der Waals surface area (Å²) in [6.45, 7) is 8.43. The molecule has 1 amide bonds. The second-order valence-corrected chi connectivity index (χ2v) is 10.2. The smallest absolute Gasteiger partial charge is 0.411 e. The quantitative estimate of drug-likeness (QED) is 0.672. The Balaban J connectivity index is 1.50. The van der Waals surface area contributed by atoms with Gasteiger partial charge >= 0.3 is 6.09 Å². The topological polar surface area (TPSA) is 82.4 Å². The Morgan fingerprint density at radius 2 is 2.00 bits per heavy atom. The molecule has 0 N–H and O–H groups in total. The first-order valence-corrected chi connectivity index (χ1v) is 11.9. The lowest BCUT2D eigenvalue weighted by Gasteiger charge is -2.46. The van der Waals surface area contributed by atoms with E-state index in [1.165, 1.54) is 0 Å². The lowest BCUT2D eigenvalue weighted by atomic mass is 9.82. The number of rotatable bonds is 2. The van der Waals surface area contributed by atoms with Crippen molar-refractivity contribution in [2.45, 2.75) is 96.6 Å². The SMILES string of the molecule is Cc1nc(-c2ccn(C3CCCCO3)n2)c2c(n1)[C@@H]1CCC[C@H](C2)N1C(=O)OC(C)(C)C. The minimum Gasteiger partial charge on any atom is -0.444 e. The summed E-state index contributed by atoms with van der Waals surface area (Å²) in [5.74, 6) is 0.704. The zero-order chi connectivity index (χ0) is 22.5. The molecule has 32 heavy (non-hydrogen) atoms. The van der Waals surface area contributed by atoms with Gasteiger partial charge in [0.1, 0.15) is 23.3 Å². The number of fused-ring (bicyclic) bond motifs is 4. The number of piperidine rings is 1. The van der Waals surface area contributed by atoms with Crippen molar-refractivity contribution in [3.05, 3.63) is 29.3 Å². The van der Waals surface area contributed by atoms with E-state index in [1.807, 2.05) is 49.5 Å². The molecule has 5 heterocycles. The minimum atomic E-state index is -0.521. The van der Waals surface area contributed by atoms with E-state index in [0.717, 1.165) is 74.2 Å². The zero-order valence-corrected chi connectivity index (χ0v) is 19.5. The van der Waals surface area contributed by atoms with Gasteiger partial charge in [0.2, 0.25) is 0 Å². The average molecular weight is 440 g/mol.